The SMILES string of the molecule is C.C=C=C(CC)Cc1ccc(Cc2ccc(C(=O)CC3CCCC(C)CC3)cc2OC)nc1CCCC=O.CC.[HH].[HH]. The Morgan fingerprint density at radius 1 is 1.15 bits per heavy atom. The molecule has 0 amide bonds. The van der Waals surface area contributed by atoms with E-state index >= 15 is 0 Å². The summed E-state index contributed by atoms with van der Waals surface area (Å²) in [7, 11) is 1.66. The van der Waals surface area contributed by atoms with Crippen molar-refractivity contribution in [2.45, 2.75) is 112 Å². The average molecular weight is 552 g/mol. The molecule has 0 bridgehead atoms. The monoisotopic (exact) mass is 551 g/mol. The van der Waals surface area contributed by atoms with Gasteiger partial charge in [-0.05, 0) is 60.8 Å². The fourth-order valence-electron chi connectivity index (χ4n) is 5.35. The Balaban J connectivity index is 0. The summed E-state index contributed by atoms with van der Waals surface area (Å²) < 4.78 is 5.71. The topological polar surface area (TPSA) is 56.3 Å². The summed E-state index contributed by atoms with van der Waals surface area (Å²) in [4.78, 5) is 28.9. The number of aldehydes is 1. The second-order valence-corrected chi connectivity index (χ2v) is 10.6. The predicted octanol–water partition coefficient (Wildman–Crippen LogP) is 9.81. The first-order chi connectivity index (χ1) is 19.0. The van der Waals surface area contributed by atoms with Gasteiger partial charge < -0.3 is 9.53 Å². The molecule has 0 aliphatic heterocycles. The number of benzene rings is 1. The van der Waals surface area contributed by atoms with Crippen LogP contribution in [0.1, 0.15) is 129 Å². The maximum absolute atomic E-state index is 13.1. The Labute approximate surface area is 247 Å². The van der Waals surface area contributed by atoms with E-state index in [2.05, 4.69) is 38.3 Å². The van der Waals surface area contributed by atoms with Gasteiger partial charge in [0.1, 0.15) is 12.0 Å². The Hall–Kier alpha value is -2.97. The minimum atomic E-state index is 0. The van der Waals surface area contributed by atoms with Gasteiger partial charge in [-0.2, -0.15) is 0 Å². The number of unbranched alkanes of at least 4 members (excludes halogenated alkanes) is 1. The van der Waals surface area contributed by atoms with E-state index < -0.39 is 0 Å². The van der Waals surface area contributed by atoms with Crippen LogP contribution in [-0.4, -0.2) is 24.2 Å². The third-order valence-electron chi connectivity index (χ3n) is 7.77. The molecule has 3 rings (SSSR count). The first-order valence-electron chi connectivity index (χ1n) is 15.0. The van der Waals surface area contributed by atoms with Gasteiger partial charge in [0.15, 0.2) is 5.78 Å². The lowest BCUT2D eigenvalue weighted by Gasteiger charge is -2.15. The molecule has 1 fully saturated rings. The van der Waals surface area contributed by atoms with Crippen molar-refractivity contribution in [1.82, 2.24) is 4.98 Å². The Kier molecular flexibility index (Phi) is 16.8. The fraction of sp³-hybridized carbons (Fsp3) is 0.556. The highest BCUT2D eigenvalue weighted by Gasteiger charge is 2.20. The molecule has 40 heavy (non-hydrogen) atoms. The molecule has 2 atom stereocenters. The van der Waals surface area contributed by atoms with Crippen LogP contribution in [0.15, 0.2) is 48.2 Å². The van der Waals surface area contributed by atoms with Crippen molar-refractivity contribution in [2.24, 2.45) is 11.8 Å². The van der Waals surface area contributed by atoms with Crippen LogP contribution in [0.4, 0.5) is 0 Å². The molecular formula is C36H57NO3. The van der Waals surface area contributed by atoms with Crippen LogP contribution >= 0.6 is 0 Å². The predicted molar refractivity (Wildman–Crippen MR) is 173 cm³/mol. The zero-order valence-corrected chi connectivity index (χ0v) is 25.0. The van der Waals surface area contributed by atoms with E-state index in [0.29, 0.717) is 25.2 Å². The highest BCUT2D eigenvalue weighted by molar-refractivity contribution is 5.96. The minimum absolute atomic E-state index is 0. The molecular weight excluding hydrogens is 494 g/mol. The summed E-state index contributed by atoms with van der Waals surface area (Å²) in [5.41, 5.74) is 9.11. The van der Waals surface area contributed by atoms with Crippen molar-refractivity contribution < 1.29 is 17.2 Å². The molecule has 4 heteroatoms. The van der Waals surface area contributed by atoms with E-state index in [-0.39, 0.29) is 16.1 Å². The number of carbonyl (C=O) groups excluding carboxylic acids is 2. The van der Waals surface area contributed by atoms with Crippen LogP contribution in [0, 0.1) is 11.8 Å². The smallest absolute Gasteiger partial charge is 0.163 e. The van der Waals surface area contributed by atoms with Gasteiger partial charge in [0.2, 0.25) is 0 Å². The molecule has 2 aromatic rings. The van der Waals surface area contributed by atoms with E-state index in [0.717, 1.165) is 84.6 Å². The summed E-state index contributed by atoms with van der Waals surface area (Å²) >= 11 is 0. The summed E-state index contributed by atoms with van der Waals surface area (Å²) in [5.74, 6) is 2.22. The first-order valence-corrected chi connectivity index (χ1v) is 15.0. The van der Waals surface area contributed by atoms with Crippen molar-refractivity contribution in [3.8, 4) is 5.75 Å². The summed E-state index contributed by atoms with van der Waals surface area (Å²) in [6.07, 6.45) is 12.0. The number of methoxy groups -OCH3 is 1. The third kappa shape index (κ3) is 10.9. The number of pyridine rings is 1. The van der Waals surface area contributed by atoms with Crippen molar-refractivity contribution in [3.63, 3.8) is 0 Å². The zero-order chi connectivity index (χ0) is 28.6. The van der Waals surface area contributed by atoms with E-state index in [4.69, 9.17) is 9.72 Å². The molecule has 2 unspecified atom stereocenters. The molecule has 0 saturated heterocycles. The minimum Gasteiger partial charge on any atom is -0.496 e. The van der Waals surface area contributed by atoms with Crippen molar-refractivity contribution in [2.75, 3.05) is 7.11 Å². The Morgan fingerprint density at radius 2 is 1.90 bits per heavy atom. The number of aryl methyl sites for hydroxylation is 1. The maximum Gasteiger partial charge on any atom is 0.163 e. The molecule has 1 aliphatic carbocycles. The van der Waals surface area contributed by atoms with E-state index in [1.807, 2.05) is 32.0 Å². The molecule has 1 heterocycles. The maximum atomic E-state index is 13.1. The van der Waals surface area contributed by atoms with Crippen LogP contribution in [0.3, 0.4) is 0 Å². The van der Waals surface area contributed by atoms with Crippen LogP contribution in [0.5, 0.6) is 5.75 Å². The Bertz CT molecular complexity index is 1120. The van der Waals surface area contributed by atoms with Gasteiger partial charge in [0, 0.05) is 51.1 Å². The van der Waals surface area contributed by atoms with Gasteiger partial charge >= 0.3 is 0 Å². The Morgan fingerprint density at radius 3 is 2.58 bits per heavy atom. The molecule has 4 nitrogen and oxygen atoms in total. The molecule has 1 saturated carbocycles. The lowest BCUT2D eigenvalue weighted by molar-refractivity contribution is -0.107. The zero-order valence-electron chi connectivity index (χ0n) is 25.0. The molecule has 1 aliphatic rings. The normalized spacial score (nSPS) is 16.3. The lowest BCUT2D eigenvalue weighted by atomic mass is 9.91. The molecule has 0 spiro atoms. The van der Waals surface area contributed by atoms with Crippen LogP contribution in [0.2, 0.25) is 0 Å². The average Bonchev–Trinajstić information content (AvgIpc) is 3.17. The number of hydrogen-bond donors (Lipinski definition) is 0. The molecule has 1 aromatic heterocycles. The van der Waals surface area contributed by atoms with Gasteiger partial charge in [-0.25, -0.2) is 0 Å². The van der Waals surface area contributed by atoms with Crippen LogP contribution < -0.4 is 4.74 Å². The van der Waals surface area contributed by atoms with Crippen molar-refractivity contribution >= 4 is 12.1 Å². The van der Waals surface area contributed by atoms with E-state index in [9.17, 15) is 9.59 Å². The summed E-state index contributed by atoms with van der Waals surface area (Å²) in [5, 5.41) is 0. The van der Waals surface area contributed by atoms with Gasteiger partial charge in [-0.15, -0.1) is 5.73 Å². The number of ketones is 1. The first kappa shape index (κ1) is 35.1. The number of hydrogen-bond acceptors (Lipinski definition) is 4. The molecule has 0 radical (unpaired) electrons. The lowest BCUT2D eigenvalue weighted by Crippen LogP contribution is -2.09. The summed E-state index contributed by atoms with van der Waals surface area (Å²) in [6, 6.07) is 10.1. The highest BCUT2D eigenvalue weighted by Crippen LogP contribution is 2.31. The van der Waals surface area contributed by atoms with Gasteiger partial charge in [0.05, 0.1) is 7.11 Å². The van der Waals surface area contributed by atoms with Crippen molar-refractivity contribution in [3.05, 3.63) is 76.3 Å². The van der Waals surface area contributed by atoms with Crippen LogP contribution in [0.25, 0.3) is 0 Å². The third-order valence-corrected chi connectivity index (χ3v) is 7.77. The molecule has 1 aromatic carbocycles. The number of allylic oxidation sites excluding steroid dienone is 1. The van der Waals surface area contributed by atoms with E-state index in [1.165, 1.54) is 24.8 Å². The standard InChI is InChI=1S/C33H43NO3.C2H6.CH4.2H2/c1-5-25(6-2)20-27-17-18-30(34-31(27)12-7-8-19-35)22-29-16-15-28(23-33(29)37-4)32(36)21-26-11-9-10-24(3)13-14-26;1-2;;;/h15-19,23-24,26H,1,6-14,20-22H2,2-4H3;1-2H3;1H4;2*1H. The number of aromatic nitrogens is 1. The van der Waals surface area contributed by atoms with Crippen molar-refractivity contribution in [1.29, 1.82) is 0 Å². The quantitative estimate of drug-likeness (QED) is 0.0817. The second kappa shape index (κ2) is 19.2. The van der Waals surface area contributed by atoms with Crippen LogP contribution in [-0.2, 0) is 24.1 Å². The van der Waals surface area contributed by atoms with Gasteiger partial charge in [-0.1, -0.05) is 85.6 Å². The summed E-state index contributed by atoms with van der Waals surface area (Å²) in [6.45, 7) is 12.3. The van der Waals surface area contributed by atoms with Gasteiger partial charge in [-0.3, -0.25) is 9.78 Å². The number of ether oxygens (including phenoxy) is 1. The number of Topliss-reactive ketones (excluding diaryl/α,β-unsaturated/α-hetero) is 1. The number of nitrogens with zero attached hydrogens (tertiary/aromatic N) is 1. The highest BCUT2D eigenvalue weighted by atomic mass is 16.5. The molecule has 0 N–H and O–H groups in total. The van der Waals surface area contributed by atoms with E-state index in [1.54, 1.807) is 7.11 Å². The fourth-order valence-corrected chi connectivity index (χ4v) is 5.35. The largest absolute Gasteiger partial charge is 0.496 e. The van der Waals surface area contributed by atoms with Gasteiger partial charge in [0.25, 0.3) is 0 Å². The number of rotatable bonds is 13. The second-order valence-electron chi connectivity index (χ2n) is 10.6. The number of carbonyl (C=O) groups is 2. The molecule has 224 valence electrons.